The summed E-state index contributed by atoms with van der Waals surface area (Å²) in [4.78, 5) is 2.05. The Kier molecular flexibility index (Phi) is 2.52. The maximum Gasteiger partial charge on any atom is 0.207 e. The lowest BCUT2D eigenvalue weighted by Crippen LogP contribution is -2.51. The molecule has 2 aromatic rings. The third kappa shape index (κ3) is 1.73. The van der Waals surface area contributed by atoms with Crippen molar-refractivity contribution in [2.45, 2.75) is 12.1 Å². The molecule has 102 valence electrons. The molecule has 3 heteroatoms. The first-order valence-electron chi connectivity index (χ1n) is 7.02. The van der Waals surface area contributed by atoms with Crippen LogP contribution >= 0.6 is 0 Å². The number of anilines is 1. The average Bonchev–Trinajstić information content (AvgIpc) is 2.81. The molecule has 2 aromatic carbocycles. The van der Waals surface area contributed by atoms with Gasteiger partial charge in [-0.2, -0.15) is 5.26 Å². The number of benzene rings is 2. The average molecular weight is 274 g/mol. The smallest absolute Gasteiger partial charge is 0.207 e. The fourth-order valence-electron chi connectivity index (χ4n) is 3.18. The van der Waals surface area contributed by atoms with Crippen LogP contribution in [0, 0.1) is 11.3 Å². The van der Waals surface area contributed by atoms with Gasteiger partial charge in [0.05, 0.1) is 6.07 Å². The van der Waals surface area contributed by atoms with Crippen LogP contribution in [-0.4, -0.2) is 12.3 Å². The molecule has 0 amide bonds. The van der Waals surface area contributed by atoms with Gasteiger partial charge in [-0.15, -0.1) is 0 Å². The Labute approximate surface area is 123 Å². The zero-order chi connectivity index (χ0) is 14.3. The molecule has 4 rings (SSSR count). The molecule has 21 heavy (non-hydrogen) atoms. The summed E-state index contributed by atoms with van der Waals surface area (Å²) < 4.78 is 6.32. The van der Waals surface area contributed by atoms with Crippen molar-refractivity contribution >= 4 is 11.8 Å². The van der Waals surface area contributed by atoms with E-state index in [1.54, 1.807) is 0 Å². The Morgan fingerprint density at radius 3 is 2.86 bits per heavy atom. The lowest BCUT2D eigenvalue weighted by atomic mass is 10.0. The summed E-state index contributed by atoms with van der Waals surface area (Å²) in [5, 5.41) is 9.19. The van der Waals surface area contributed by atoms with Crippen LogP contribution in [0.1, 0.15) is 11.1 Å². The molecule has 0 fully saturated rings. The monoisotopic (exact) mass is 274 g/mol. The van der Waals surface area contributed by atoms with Gasteiger partial charge in [0.2, 0.25) is 5.72 Å². The summed E-state index contributed by atoms with van der Waals surface area (Å²) in [5.41, 5.74) is 2.81. The highest BCUT2D eigenvalue weighted by Crippen LogP contribution is 2.43. The van der Waals surface area contributed by atoms with E-state index in [9.17, 15) is 5.26 Å². The van der Waals surface area contributed by atoms with Crippen molar-refractivity contribution in [2.24, 2.45) is 0 Å². The first kappa shape index (κ1) is 12.0. The fraction of sp³-hybridized carbons (Fsp3) is 0.167. The molecule has 1 spiro atoms. The maximum absolute atomic E-state index is 9.19. The number of nitriles is 1. The van der Waals surface area contributed by atoms with Crippen molar-refractivity contribution in [3.8, 4) is 11.8 Å². The number of hydrogen-bond donors (Lipinski definition) is 0. The highest BCUT2D eigenvalue weighted by Gasteiger charge is 2.45. The van der Waals surface area contributed by atoms with E-state index in [1.807, 2.05) is 36.4 Å². The standard InChI is InChI=1S/C18H14N2O/c19-11-12-20-16-7-3-1-6-15(16)13-18(20)10-9-14-5-2-4-8-17(14)21-18/h1-10H,12-13H2. The van der Waals surface area contributed by atoms with Crippen LogP contribution in [-0.2, 0) is 6.42 Å². The van der Waals surface area contributed by atoms with Gasteiger partial charge in [0.1, 0.15) is 12.3 Å². The molecule has 3 nitrogen and oxygen atoms in total. The third-order valence-electron chi connectivity index (χ3n) is 4.14. The Balaban J connectivity index is 1.82. The number of rotatable bonds is 1. The molecule has 0 aliphatic carbocycles. The highest BCUT2D eigenvalue weighted by atomic mass is 16.5. The lowest BCUT2D eigenvalue weighted by Gasteiger charge is -2.39. The number of fused-ring (bicyclic) bond motifs is 2. The SMILES string of the molecule is N#CCN1c2ccccc2CC12C=Cc1ccccc1O2. The van der Waals surface area contributed by atoms with Crippen molar-refractivity contribution in [3.63, 3.8) is 0 Å². The van der Waals surface area contributed by atoms with Crippen LogP contribution in [0.4, 0.5) is 5.69 Å². The molecule has 0 N–H and O–H groups in total. The largest absolute Gasteiger partial charge is 0.463 e. The van der Waals surface area contributed by atoms with Crippen LogP contribution in [0.2, 0.25) is 0 Å². The summed E-state index contributed by atoms with van der Waals surface area (Å²) in [5.74, 6) is 0.871. The van der Waals surface area contributed by atoms with Gasteiger partial charge in [-0.05, 0) is 29.8 Å². The van der Waals surface area contributed by atoms with E-state index in [2.05, 4.69) is 35.3 Å². The second kappa shape index (κ2) is 4.39. The maximum atomic E-state index is 9.19. The van der Waals surface area contributed by atoms with Crippen LogP contribution in [0.25, 0.3) is 6.08 Å². The summed E-state index contributed by atoms with van der Waals surface area (Å²) in [6.07, 6.45) is 4.93. The quantitative estimate of drug-likeness (QED) is 0.748. The molecular formula is C18H14N2O. The minimum Gasteiger partial charge on any atom is -0.463 e. The van der Waals surface area contributed by atoms with E-state index in [0.717, 1.165) is 23.4 Å². The van der Waals surface area contributed by atoms with Crippen LogP contribution in [0.3, 0.4) is 0 Å². The molecular weight excluding hydrogens is 260 g/mol. The summed E-state index contributed by atoms with van der Waals surface area (Å²) in [6, 6.07) is 18.4. The Bertz CT molecular complexity index is 775. The fourth-order valence-corrected chi connectivity index (χ4v) is 3.18. The molecule has 0 saturated heterocycles. The summed E-state index contributed by atoms with van der Waals surface area (Å²) >= 11 is 0. The molecule has 2 heterocycles. The second-order valence-electron chi connectivity index (χ2n) is 5.37. The summed E-state index contributed by atoms with van der Waals surface area (Å²) in [6.45, 7) is 0.309. The number of ether oxygens (including phenoxy) is 1. The molecule has 1 unspecified atom stereocenters. The molecule has 0 radical (unpaired) electrons. The molecule has 1 atom stereocenters. The minimum absolute atomic E-state index is 0.309. The van der Waals surface area contributed by atoms with Gasteiger partial charge in [0, 0.05) is 17.7 Å². The molecule has 0 bridgehead atoms. The first-order chi connectivity index (χ1) is 10.3. The first-order valence-corrected chi connectivity index (χ1v) is 7.02. The Morgan fingerprint density at radius 2 is 1.95 bits per heavy atom. The Hall–Kier alpha value is -2.73. The van der Waals surface area contributed by atoms with Crippen molar-refractivity contribution in [3.05, 3.63) is 65.7 Å². The van der Waals surface area contributed by atoms with E-state index in [1.165, 1.54) is 5.56 Å². The number of nitrogens with zero attached hydrogens (tertiary/aromatic N) is 2. The topological polar surface area (TPSA) is 36.3 Å². The zero-order valence-corrected chi connectivity index (χ0v) is 11.5. The van der Waals surface area contributed by atoms with Gasteiger partial charge >= 0.3 is 0 Å². The van der Waals surface area contributed by atoms with Crippen molar-refractivity contribution in [1.82, 2.24) is 0 Å². The highest BCUT2D eigenvalue weighted by molar-refractivity contribution is 5.69. The predicted molar refractivity (Wildman–Crippen MR) is 81.9 cm³/mol. The van der Waals surface area contributed by atoms with Crippen LogP contribution < -0.4 is 9.64 Å². The van der Waals surface area contributed by atoms with Crippen LogP contribution in [0.15, 0.2) is 54.6 Å². The molecule has 2 aliphatic rings. The predicted octanol–water partition coefficient (Wildman–Crippen LogP) is 3.37. The van der Waals surface area contributed by atoms with E-state index >= 15 is 0 Å². The van der Waals surface area contributed by atoms with E-state index in [-0.39, 0.29) is 0 Å². The Morgan fingerprint density at radius 1 is 1.14 bits per heavy atom. The van der Waals surface area contributed by atoms with Gasteiger partial charge in [-0.1, -0.05) is 36.4 Å². The zero-order valence-electron chi connectivity index (χ0n) is 11.5. The van der Waals surface area contributed by atoms with Crippen molar-refractivity contribution < 1.29 is 4.74 Å². The number of para-hydroxylation sites is 2. The lowest BCUT2D eigenvalue weighted by molar-refractivity contribution is 0.125. The van der Waals surface area contributed by atoms with Gasteiger partial charge < -0.3 is 9.64 Å². The molecule has 0 aromatic heterocycles. The van der Waals surface area contributed by atoms with Gasteiger partial charge in [0.15, 0.2) is 0 Å². The normalized spacial score (nSPS) is 21.6. The molecule has 2 aliphatic heterocycles. The summed E-state index contributed by atoms with van der Waals surface area (Å²) in [7, 11) is 0. The minimum atomic E-state index is -0.576. The molecule has 0 saturated carbocycles. The van der Waals surface area contributed by atoms with E-state index < -0.39 is 5.72 Å². The van der Waals surface area contributed by atoms with Gasteiger partial charge in [0.25, 0.3) is 0 Å². The third-order valence-corrected chi connectivity index (χ3v) is 4.14. The van der Waals surface area contributed by atoms with E-state index in [4.69, 9.17) is 4.74 Å². The second-order valence-corrected chi connectivity index (χ2v) is 5.37. The number of hydrogen-bond acceptors (Lipinski definition) is 3. The van der Waals surface area contributed by atoms with Gasteiger partial charge in [-0.3, -0.25) is 0 Å². The van der Waals surface area contributed by atoms with Crippen LogP contribution in [0.5, 0.6) is 5.75 Å². The van der Waals surface area contributed by atoms with E-state index in [0.29, 0.717) is 6.54 Å². The van der Waals surface area contributed by atoms with Crippen molar-refractivity contribution in [2.75, 3.05) is 11.4 Å². The van der Waals surface area contributed by atoms with Gasteiger partial charge in [-0.25, -0.2) is 0 Å². The van der Waals surface area contributed by atoms with Crippen molar-refractivity contribution in [1.29, 1.82) is 5.26 Å².